The molecular weight excluding hydrogens is 645 g/mol. The van der Waals surface area contributed by atoms with E-state index in [1.54, 1.807) is 0 Å². The largest absolute Gasteiger partial charge is 0.308 e. The van der Waals surface area contributed by atoms with Gasteiger partial charge in [0.2, 0.25) is 0 Å². The molecule has 0 unspecified atom stereocenters. The van der Waals surface area contributed by atoms with Gasteiger partial charge in [-0.25, -0.2) is 15.0 Å². The van der Waals surface area contributed by atoms with Gasteiger partial charge in [-0.1, -0.05) is 158 Å². The van der Waals surface area contributed by atoms with Gasteiger partial charge in [0.25, 0.3) is 0 Å². The maximum atomic E-state index is 5.22. The normalized spacial score (nSPS) is 11.8. The van der Waals surface area contributed by atoms with E-state index >= 15 is 0 Å². The molecule has 2 aromatic heterocycles. The minimum absolute atomic E-state index is 0.627. The van der Waals surface area contributed by atoms with Crippen LogP contribution in [0.15, 0.2) is 182 Å². The molecule has 0 N–H and O–H groups in total. The van der Waals surface area contributed by atoms with Gasteiger partial charge in [0.05, 0.1) is 16.7 Å². The summed E-state index contributed by atoms with van der Waals surface area (Å²) >= 11 is 0. The van der Waals surface area contributed by atoms with Crippen molar-refractivity contribution in [2.24, 2.45) is 0 Å². The average Bonchev–Trinajstić information content (AvgIpc) is 3.52. The van der Waals surface area contributed by atoms with Gasteiger partial charge in [-0.3, -0.25) is 0 Å². The third-order valence-electron chi connectivity index (χ3n) is 10.6. The third kappa shape index (κ3) is 4.59. The predicted molar refractivity (Wildman–Crippen MR) is 218 cm³/mol. The lowest BCUT2D eigenvalue weighted by Gasteiger charge is -2.16. The fraction of sp³-hybridized carbons (Fsp3) is 0. The van der Waals surface area contributed by atoms with Crippen LogP contribution in [0.5, 0.6) is 0 Å². The minimum Gasteiger partial charge on any atom is -0.308 e. The van der Waals surface area contributed by atoms with E-state index in [0.717, 1.165) is 39.0 Å². The topological polar surface area (TPSA) is 43.6 Å². The summed E-state index contributed by atoms with van der Waals surface area (Å²) in [5.41, 5.74) is 13.5. The Balaban J connectivity index is 1.17. The van der Waals surface area contributed by atoms with E-state index in [-0.39, 0.29) is 0 Å². The second-order valence-corrected chi connectivity index (χ2v) is 13.6. The Hall–Kier alpha value is -7.17. The number of rotatable bonds is 5. The summed E-state index contributed by atoms with van der Waals surface area (Å²) in [5.74, 6) is 1.90. The van der Waals surface area contributed by atoms with Gasteiger partial charge >= 0.3 is 0 Å². The quantitative estimate of drug-likeness (QED) is 0.182. The molecule has 53 heavy (non-hydrogen) atoms. The lowest BCUT2D eigenvalue weighted by Crippen LogP contribution is -2.03. The summed E-state index contributed by atoms with van der Waals surface area (Å²) in [6, 6.07) is 64.4. The third-order valence-corrected chi connectivity index (χ3v) is 10.6. The number of hydrogen-bond acceptors (Lipinski definition) is 3. The zero-order valence-corrected chi connectivity index (χ0v) is 28.6. The van der Waals surface area contributed by atoms with Crippen molar-refractivity contribution >= 4 is 32.6 Å². The van der Waals surface area contributed by atoms with Crippen LogP contribution >= 0.6 is 0 Å². The fourth-order valence-corrected chi connectivity index (χ4v) is 8.23. The highest BCUT2D eigenvalue weighted by atomic mass is 15.1. The minimum atomic E-state index is 0.627. The van der Waals surface area contributed by atoms with Crippen molar-refractivity contribution < 1.29 is 0 Å². The van der Waals surface area contributed by atoms with Crippen LogP contribution in [0.1, 0.15) is 0 Å². The first-order chi connectivity index (χ1) is 26.3. The molecule has 0 saturated carbocycles. The Morgan fingerprint density at radius 2 is 0.774 bits per heavy atom. The standard InChI is InChI=1S/C49H30N4/c1-3-13-31(14-4-1)32-25-27-35(28-26-32)48-50-47(34-15-5-2-6-16-34)51-49(52-48)40-20-9-10-23-41(40)53-42-24-12-22-39-37-19-8-7-18-36(37)38-21-11-17-33-29-30-43(53)46(44(33)38)45(39)42/h1-30H. The molecule has 0 spiro atoms. The lowest BCUT2D eigenvalue weighted by molar-refractivity contribution is 1.06. The smallest absolute Gasteiger partial charge is 0.166 e. The lowest BCUT2D eigenvalue weighted by atomic mass is 9.93. The van der Waals surface area contributed by atoms with Gasteiger partial charge in [-0.15, -0.1) is 0 Å². The first-order valence-electron chi connectivity index (χ1n) is 18.0. The van der Waals surface area contributed by atoms with Crippen LogP contribution in [0.4, 0.5) is 0 Å². The van der Waals surface area contributed by atoms with Gasteiger partial charge < -0.3 is 4.57 Å². The molecule has 10 aromatic rings. The van der Waals surface area contributed by atoms with Gasteiger partial charge in [0, 0.05) is 27.5 Å². The van der Waals surface area contributed by atoms with Crippen molar-refractivity contribution in [2.75, 3.05) is 0 Å². The molecule has 0 aliphatic heterocycles. The van der Waals surface area contributed by atoms with Crippen molar-refractivity contribution in [1.82, 2.24) is 19.5 Å². The Bertz CT molecular complexity index is 3040. The number of aromatic nitrogens is 4. The van der Waals surface area contributed by atoms with Crippen LogP contribution in [0.3, 0.4) is 0 Å². The molecule has 11 rings (SSSR count). The molecular formula is C49H30N4. The highest BCUT2D eigenvalue weighted by molar-refractivity contribution is 6.30. The van der Waals surface area contributed by atoms with Crippen LogP contribution in [0.25, 0.3) is 106 Å². The molecule has 0 amide bonds. The van der Waals surface area contributed by atoms with E-state index in [9.17, 15) is 0 Å². The SMILES string of the molecule is c1ccc(-c2ccc(-c3nc(-c4ccccc4)nc(-c4ccccc4-n4c5cccc6c5c5c7c(cccc7ccc54)-c4ccccc4-6)n3)cc2)cc1. The Morgan fingerprint density at radius 3 is 1.49 bits per heavy atom. The molecule has 0 atom stereocenters. The zero-order valence-electron chi connectivity index (χ0n) is 28.6. The van der Waals surface area contributed by atoms with Crippen molar-refractivity contribution in [3.8, 4) is 73.2 Å². The van der Waals surface area contributed by atoms with Crippen molar-refractivity contribution in [1.29, 1.82) is 0 Å². The Kier molecular flexibility index (Phi) is 6.52. The van der Waals surface area contributed by atoms with E-state index in [4.69, 9.17) is 15.0 Å². The second kappa shape index (κ2) is 11.7. The van der Waals surface area contributed by atoms with Crippen molar-refractivity contribution in [3.05, 3.63) is 182 Å². The van der Waals surface area contributed by atoms with Crippen molar-refractivity contribution in [3.63, 3.8) is 0 Å². The number of para-hydroxylation sites is 1. The predicted octanol–water partition coefficient (Wildman–Crippen LogP) is 12.4. The highest BCUT2D eigenvalue weighted by Gasteiger charge is 2.26. The molecule has 0 fully saturated rings. The molecule has 4 heteroatoms. The fourth-order valence-electron chi connectivity index (χ4n) is 8.23. The van der Waals surface area contributed by atoms with Gasteiger partial charge in [0.15, 0.2) is 17.5 Å². The molecule has 246 valence electrons. The number of hydrogen-bond donors (Lipinski definition) is 0. The molecule has 4 nitrogen and oxygen atoms in total. The van der Waals surface area contributed by atoms with Crippen LogP contribution in [-0.2, 0) is 0 Å². The Labute approximate surface area is 306 Å². The molecule has 0 radical (unpaired) electrons. The summed E-state index contributed by atoms with van der Waals surface area (Å²) in [6.45, 7) is 0. The van der Waals surface area contributed by atoms with Crippen LogP contribution in [-0.4, -0.2) is 19.5 Å². The molecule has 0 saturated heterocycles. The Morgan fingerprint density at radius 1 is 0.283 bits per heavy atom. The number of benzene rings is 8. The molecule has 1 aliphatic carbocycles. The number of nitrogens with zero attached hydrogens (tertiary/aromatic N) is 4. The van der Waals surface area contributed by atoms with E-state index in [0.29, 0.717) is 17.5 Å². The summed E-state index contributed by atoms with van der Waals surface area (Å²) in [4.78, 5) is 15.5. The monoisotopic (exact) mass is 674 g/mol. The van der Waals surface area contributed by atoms with E-state index in [1.807, 2.05) is 24.3 Å². The summed E-state index contributed by atoms with van der Waals surface area (Å²) < 4.78 is 2.41. The van der Waals surface area contributed by atoms with Crippen LogP contribution in [0.2, 0.25) is 0 Å². The van der Waals surface area contributed by atoms with Gasteiger partial charge in [-0.2, -0.15) is 0 Å². The summed E-state index contributed by atoms with van der Waals surface area (Å²) in [5, 5.41) is 5.06. The number of fused-ring (bicyclic) bond motifs is 3. The van der Waals surface area contributed by atoms with Crippen LogP contribution < -0.4 is 0 Å². The molecule has 0 bridgehead atoms. The van der Waals surface area contributed by atoms with E-state index in [1.165, 1.54) is 49.4 Å². The van der Waals surface area contributed by atoms with Crippen molar-refractivity contribution in [2.45, 2.75) is 0 Å². The molecule has 1 aliphatic rings. The first kappa shape index (κ1) is 29.5. The zero-order chi connectivity index (χ0) is 34.9. The van der Waals surface area contributed by atoms with Gasteiger partial charge in [0.1, 0.15) is 0 Å². The van der Waals surface area contributed by atoms with E-state index < -0.39 is 0 Å². The van der Waals surface area contributed by atoms with Gasteiger partial charge in [-0.05, 0) is 68.4 Å². The second-order valence-electron chi connectivity index (χ2n) is 13.6. The van der Waals surface area contributed by atoms with Crippen LogP contribution in [0, 0.1) is 0 Å². The first-order valence-corrected chi connectivity index (χ1v) is 18.0. The maximum absolute atomic E-state index is 5.22. The molecule has 8 aromatic carbocycles. The highest BCUT2D eigenvalue weighted by Crippen LogP contribution is 2.50. The summed E-state index contributed by atoms with van der Waals surface area (Å²) in [6.07, 6.45) is 0. The average molecular weight is 675 g/mol. The summed E-state index contributed by atoms with van der Waals surface area (Å²) in [7, 11) is 0. The maximum Gasteiger partial charge on any atom is 0.166 e. The molecule has 2 heterocycles. The van der Waals surface area contributed by atoms with E-state index in [2.05, 4.69) is 162 Å².